The first-order chi connectivity index (χ1) is 9.69. The molecule has 3 rings (SSSR count). The summed E-state index contributed by atoms with van der Waals surface area (Å²) >= 11 is 0. The number of fused-ring (bicyclic) bond motifs is 1. The van der Waals surface area contributed by atoms with Gasteiger partial charge in [0.15, 0.2) is 0 Å². The molecule has 3 N–H and O–H groups in total. The highest BCUT2D eigenvalue weighted by molar-refractivity contribution is 5.45. The number of ether oxygens (including phenoxy) is 1. The monoisotopic (exact) mass is 271 g/mol. The quantitative estimate of drug-likeness (QED) is 0.783. The van der Waals surface area contributed by atoms with Gasteiger partial charge in [0, 0.05) is 6.54 Å². The van der Waals surface area contributed by atoms with Gasteiger partial charge in [0.1, 0.15) is 11.5 Å². The van der Waals surface area contributed by atoms with Crippen LogP contribution in [0.2, 0.25) is 0 Å². The topological polar surface area (TPSA) is 61.7 Å². The molecule has 4 nitrogen and oxygen atoms in total. The van der Waals surface area contributed by atoms with Crippen molar-refractivity contribution in [2.45, 2.75) is 12.1 Å². The molecule has 0 bridgehead atoms. The largest absolute Gasteiger partial charge is 0.508 e. The number of benzene rings is 2. The van der Waals surface area contributed by atoms with Crippen LogP contribution in [0.25, 0.3) is 0 Å². The third-order valence-corrected chi connectivity index (χ3v) is 3.70. The van der Waals surface area contributed by atoms with E-state index < -0.39 is 6.10 Å². The van der Waals surface area contributed by atoms with Crippen LogP contribution in [0, 0.1) is 0 Å². The Morgan fingerprint density at radius 3 is 2.55 bits per heavy atom. The highest BCUT2D eigenvalue weighted by Gasteiger charge is 2.26. The van der Waals surface area contributed by atoms with Crippen LogP contribution in [0.3, 0.4) is 0 Å². The molecule has 0 aliphatic carbocycles. The van der Waals surface area contributed by atoms with Crippen molar-refractivity contribution >= 4 is 0 Å². The van der Waals surface area contributed by atoms with Crippen LogP contribution in [0.5, 0.6) is 11.5 Å². The van der Waals surface area contributed by atoms with Crippen LogP contribution in [0.4, 0.5) is 0 Å². The van der Waals surface area contributed by atoms with Gasteiger partial charge >= 0.3 is 0 Å². The minimum Gasteiger partial charge on any atom is -0.508 e. The molecule has 1 heterocycles. The van der Waals surface area contributed by atoms with Gasteiger partial charge in [0.2, 0.25) is 0 Å². The van der Waals surface area contributed by atoms with Gasteiger partial charge < -0.3 is 20.3 Å². The van der Waals surface area contributed by atoms with Gasteiger partial charge in [0.25, 0.3) is 0 Å². The Bertz CT molecular complexity index is 610. The fraction of sp³-hybridized carbons (Fsp3) is 0.250. The second-order valence-electron chi connectivity index (χ2n) is 4.94. The second kappa shape index (κ2) is 5.15. The minimum absolute atomic E-state index is 0.0138. The molecule has 2 aromatic rings. The lowest BCUT2D eigenvalue weighted by atomic mass is 9.88. The van der Waals surface area contributed by atoms with Crippen molar-refractivity contribution in [1.29, 1.82) is 0 Å². The van der Waals surface area contributed by atoms with Crippen LogP contribution in [-0.4, -0.2) is 23.9 Å². The van der Waals surface area contributed by atoms with E-state index in [1.165, 1.54) is 0 Å². The summed E-state index contributed by atoms with van der Waals surface area (Å²) in [5.41, 5.74) is 2.88. The summed E-state index contributed by atoms with van der Waals surface area (Å²) in [7, 11) is 1.64. The number of nitrogens with one attached hydrogen (secondary N) is 1. The molecule has 0 saturated heterocycles. The van der Waals surface area contributed by atoms with Crippen molar-refractivity contribution in [3.63, 3.8) is 0 Å². The third-order valence-electron chi connectivity index (χ3n) is 3.70. The maximum Gasteiger partial charge on any atom is 0.118 e. The van der Waals surface area contributed by atoms with Gasteiger partial charge in [-0.15, -0.1) is 0 Å². The summed E-state index contributed by atoms with van der Waals surface area (Å²) in [6, 6.07) is 13.0. The molecule has 2 aromatic carbocycles. The molecular formula is C16H17NO3. The van der Waals surface area contributed by atoms with Crippen LogP contribution in [0.1, 0.15) is 28.8 Å². The van der Waals surface area contributed by atoms with E-state index in [9.17, 15) is 10.2 Å². The molecule has 0 radical (unpaired) electrons. The van der Waals surface area contributed by atoms with E-state index >= 15 is 0 Å². The fourth-order valence-electron chi connectivity index (χ4n) is 2.66. The molecule has 0 aromatic heterocycles. The van der Waals surface area contributed by atoms with E-state index in [4.69, 9.17) is 4.74 Å². The highest BCUT2D eigenvalue weighted by Crippen LogP contribution is 2.35. The summed E-state index contributed by atoms with van der Waals surface area (Å²) < 4.78 is 5.17. The molecular weight excluding hydrogens is 254 g/mol. The van der Waals surface area contributed by atoms with E-state index in [1.54, 1.807) is 19.2 Å². The number of phenolic OH excluding ortho intramolecular Hbond substituents is 1. The normalized spacial score (nSPS) is 21.3. The van der Waals surface area contributed by atoms with E-state index in [0.717, 1.165) is 22.4 Å². The first-order valence-electron chi connectivity index (χ1n) is 6.57. The summed E-state index contributed by atoms with van der Waals surface area (Å²) in [6.45, 7) is 0.465. The third kappa shape index (κ3) is 2.24. The molecule has 1 aliphatic heterocycles. The van der Waals surface area contributed by atoms with Crippen molar-refractivity contribution in [3.05, 3.63) is 59.2 Å². The predicted octanol–water partition coefficient (Wildman–Crippen LogP) is 2.13. The first kappa shape index (κ1) is 13.0. The Balaban J connectivity index is 2.01. The molecule has 0 unspecified atom stereocenters. The average Bonchev–Trinajstić information content (AvgIpc) is 2.48. The molecule has 0 amide bonds. The fourth-order valence-corrected chi connectivity index (χ4v) is 2.66. The van der Waals surface area contributed by atoms with E-state index in [-0.39, 0.29) is 11.8 Å². The van der Waals surface area contributed by atoms with Crippen LogP contribution < -0.4 is 10.1 Å². The van der Waals surface area contributed by atoms with Gasteiger partial charge in [0.05, 0.1) is 19.3 Å². The Labute approximate surface area is 117 Å². The molecule has 20 heavy (non-hydrogen) atoms. The maximum absolute atomic E-state index is 10.0. The number of hydrogen-bond acceptors (Lipinski definition) is 4. The lowest BCUT2D eigenvalue weighted by Gasteiger charge is -2.30. The second-order valence-corrected chi connectivity index (χ2v) is 4.94. The number of rotatable bonds is 2. The molecule has 1 aliphatic rings. The van der Waals surface area contributed by atoms with E-state index in [1.807, 2.05) is 30.3 Å². The molecule has 0 fully saturated rings. The Kier molecular flexibility index (Phi) is 3.34. The van der Waals surface area contributed by atoms with Gasteiger partial charge in [-0.05, 0) is 41.0 Å². The lowest BCUT2D eigenvalue weighted by molar-refractivity contribution is 0.160. The lowest BCUT2D eigenvalue weighted by Crippen LogP contribution is -2.33. The van der Waals surface area contributed by atoms with Crippen molar-refractivity contribution in [2.24, 2.45) is 0 Å². The average molecular weight is 271 g/mol. The van der Waals surface area contributed by atoms with Crippen LogP contribution >= 0.6 is 0 Å². The standard InChI is InChI=1S/C16H17NO3/c1-20-12-5-2-10(3-6-12)16-13-7-4-11(18)8-14(13)15(19)9-17-16/h2-8,15-19H,9H2,1H3/t15-,16-/m1/s1. The van der Waals surface area contributed by atoms with Crippen molar-refractivity contribution in [3.8, 4) is 11.5 Å². The number of β-amino-alcohol motifs (C(OH)–C–C–N with tert-alkyl or cyclic N) is 1. The summed E-state index contributed by atoms with van der Waals surface area (Å²) in [5.74, 6) is 0.994. The highest BCUT2D eigenvalue weighted by atomic mass is 16.5. The number of aliphatic hydroxyl groups excluding tert-OH is 1. The Morgan fingerprint density at radius 2 is 1.85 bits per heavy atom. The van der Waals surface area contributed by atoms with Crippen molar-refractivity contribution in [2.75, 3.05) is 13.7 Å². The summed E-state index contributed by atoms with van der Waals surface area (Å²) in [6.07, 6.45) is -0.591. The predicted molar refractivity (Wildman–Crippen MR) is 75.9 cm³/mol. The summed E-state index contributed by atoms with van der Waals surface area (Å²) in [4.78, 5) is 0. The van der Waals surface area contributed by atoms with Crippen LogP contribution in [-0.2, 0) is 0 Å². The van der Waals surface area contributed by atoms with Crippen LogP contribution in [0.15, 0.2) is 42.5 Å². The van der Waals surface area contributed by atoms with Crippen molar-refractivity contribution in [1.82, 2.24) is 5.32 Å². The maximum atomic E-state index is 10.0. The van der Waals surface area contributed by atoms with E-state index in [2.05, 4.69) is 5.32 Å². The smallest absolute Gasteiger partial charge is 0.118 e. The number of hydrogen-bond donors (Lipinski definition) is 3. The number of methoxy groups -OCH3 is 1. The Hall–Kier alpha value is -2.04. The zero-order chi connectivity index (χ0) is 14.1. The molecule has 0 saturated carbocycles. The van der Waals surface area contributed by atoms with Crippen molar-refractivity contribution < 1.29 is 14.9 Å². The number of aliphatic hydroxyl groups is 1. The van der Waals surface area contributed by atoms with E-state index in [0.29, 0.717) is 6.54 Å². The molecule has 104 valence electrons. The first-order valence-corrected chi connectivity index (χ1v) is 6.57. The molecule has 2 atom stereocenters. The SMILES string of the molecule is COc1ccc([C@H]2NC[C@@H](O)c3cc(O)ccc32)cc1. The van der Waals surface area contributed by atoms with Gasteiger partial charge in [-0.25, -0.2) is 0 Å². The minimum atomic E-state index is -0.591. The number of aromatic hydroxyl groups is 1. The zero-order valence-corrected chi connectivity index (χ0v) is 11.2. The van der Waals surface area contributed by atoms with Gasteiger partial charge in [-0.1, -0.05) is 18.2 Å². The number of phenols is 1. The summed E-state index contributed by atoms with van der Waals surface area (Å²) in [5, 5.41) is 22.9. The zero-order valence-electron chi connectivity index (χ0n) is 11.2. The molecule has 4 heteroatoms. The van der Waals surface area contributed by atoms with Gasteiger partial charge in [-0.2, -0.15) is 0 Å². The Morgan fingerprint density at radius 1 is 1.10 bits per heavy atom. The molecule has 0 spiro atoms. The van der Waals surface area contributed by atoms with Gasteiger partial charge in [-0.3, -0.25) is 0 Å².